The fourth-order valence-electron chi connectivity index (χ4n) is 2.89. The molecule has 1 heterocycles. The third-order valence-corrected chi connectivity index (χ3v) is 4.28. The largest absolute Gasteiger partial charge is 0.378 e. The van der Waals surface area contributed by atoms with Gasteiger partial charge in [-0.15, -0.1) is 0 Å². The van der Waals surface area contributed by atoms with E-state index < -0.39 is 0 Å². The Labute approximate surface area is 141 Å². The Morgan fingerprint density at radius 3 is 2.71 bits per heavy atom. The average molecular weight is 326 g/mol. The first kappa shape index (κ1) is 16.2. The lowest BCUT2D eigenvalue weighted by Gasteiger charge is -2.13. The second-order valence-electron chi connectivity index (χ2n) is 6.23. The zero-order chi connectivity index (χ0) is 17.1. The second-order valence-corrected chi connectivity index (χ2v) is 6.23. The van der Waals surface area contributed by atoms with Crippen LogP contribution in [0.2, 0.25) is 0 Å². The van der Waals surface area contributed by atoms with Gasteiger partial charge in [-0.1, -0.05) is 0 Å². The molecule has 0 aliphatic heterocycles. The molecule has 0 spiro atoms. The molecule has 0 saturated carbocycles. The van der Waals surface area contributed by atoms with Gasteiger partial charge < -0.3 is 10.2 Å². The van der Waals surface area contributed by atoms with Crippen LogP contribution in [-0.4, -0.2) is 36.3 Å². The molecule has 2 aromatic rings. The summed E-state index contributed by atoms with van der Waals surface area (Å²) in [5.74, 6) is -0.144. The van der Waals surface area contributed by atoms with Gasteiger partial charge in [0.25, 0.3) is 11.5 Å². The predicted octanol–water partition coefficient (Wildman–Crippen LogP) is 1.23. The number of aryl methyl sites for hydroxylation is 2. The zero-order valence-electron chi connectivity index (χ0n) is 14.1. The normalized spacial score (nSPS) is 12.8. The molecule has 0 fully saturated rings. The minimum Gasteiger partial charge on any atom is -0.378 e. The molecule has 0 atom stereocenters. The van der Waals surface area contributed by atoms with E-state index in [9.17, 15) is 9.59 Å². The summed E-state index contributed by atoms with van der Waals surface area (Å²) in [5.41, 5.74) is 3.64. The maximum Gasteiger partial charge on any atom is 0.267 e. The maximum atomic E-state index is 12.2. The highest BCUT2D eigenvalue weighted by Crippen LogP contribution is 2.16. The van der Waals surface area contributed by atoms with E-state index >= 15 is 0 Å². The van der Waals surface area contributed by atoms with Crippen molar-refractivity contribution >= 4 is 11.6 Å². The van der Waals surface area contributed by atoms with Gasteiger partial charge in [-0.05, 0) is 49.1 Å². The Bertz CT molecular complexity index is 794. The van der Waals surface area contributed by atoms with Gasteiger partial charge in [-0.25, -0.2) is 4.68 Å². The molecule has 1 aromatic heterocycles. The topological polar surface area (TPSA) is 67.2 Å². The average Bonchev–Trinajstić information content (AvgIpc) is 3.02. The van der Waals surface area contributed by atoms with Gasteiger partial charge in [-0.2, -0.15) is 5.10 Å². The van der Waals surface area contributed by atoms with Crippen LogP contribution in [0.15, 0.2) is 35.1 Å². The Kier molecular flexibility index (Phi) is 4.64. The monoisotopic (exact) mass is 326 g/mol. The summed E-state index contributed by atoms with van der Waals surface area (Å²) in [6.07, 6.45) is 2.93. The van der Waals surface area contributed by atoms with E-state index in [1.807, 2.05) is 31.1 Å². The molecule has 0 saturated heterocycles. The number of benzene rings is 1. The van der Waals surface area contributed by atoms with Gasteiger partial charge in [0, 0.05) is 38.0 Å². The van der Waals surface area contributed by atoms with Crippen molar-refractivity contribution in [1.29, 1.82) is 0 Å². The smallest absolute Gasteiger partial charge is 0.267 e. The van der Waals surface area contributed by atoms with Gasteiger partial charge in [0.1, 0.15) is 0 Å². The minimum atomic E-state index is -0.144. The van der Waals surface area contributed by atoms with Crippen LogP contribution in [0.1, 0.15) is 28.0 Å². The van der Waals surface area contributed by atoms with E-state index in [0.717, 1.165) is 36.2 Å². The number of hydrogen-bond acceptors (Lipinski definition) is 4. The Hall–Kier alpha value is -2.63. The summed E-state index contributed by atoms with van der Waals surface area (Å²) < 4.78 is 1.44. The van der Waals surface area contributed by atoms with E-state index in [4.69, 9.17) is 0 Å². The molecule has 126 valence electrons. The van der Waals surface area contributed by atoms with Crippen LogP contribution in [0.5, 0.6) is 0 Å². The predicted molar refractivity (Wildman–Crippen MR) is 93.6 cm³/mol. The van der Waals surface area contributed by atoms with E-state index in [2.05, 4.69) is 10.4 Å². The summed E-state index contributed by atoms with van der Waals surface area (Å²) in [5, 5.41) is 7.24. The van der Waals surface area contributed by atoms with Crippen molar-refractivity contribution in [2.75, 3.05) is 25.5 Å². The number of nitrogens with zero attached hydrogens (tertiary/aromatic N) is 3. The van der Waals surface area contributed by atoms with Crippen LogP contribution in [0.25, 0.3) is 0 Å². The number of anilines is 1. The van der Waals surface area contributed by atoms with Crippen molar-refractivity contribution in [2.45, 2.75) is 25.8 Å². The molecule has 0 radical (unpaired) electrons. The molecule has 1 aliphatic carbocycles. The zero-order valence-corrected chi connectivity index (χ0v) is 14.1. The number of carbonyl (C=O) groups is 1. The number of rotatable bonds is 5. The van der Waals surface area contributed by atoms with Crippen LogP contribution >= 0.6 is 0 Å². The quantitative estimate of drug-likeness (QED) is 0.897. The molecule has 0 unspecified atom stereocenters. The summed E-state index contributed by atoms with van der Waals surface area (Å²) in [4.78, 5) is 26.1. The molecule has 1 N–H and O–H groups in total. The molecule has 3 rings (SSSR count). The third-order valence-electron chi connectivity index (χ3n) is 4.28. The van der Waals surface area contributed by atoms with E-state index in [1.165, 1.54) is 4.68 Å². The van der Waals surface area contributed by atoms with Crippen molar-refractivity contribution in [2.24, 2.45) is 0 Å². The van der Waals surface area contributed by atoms with E-state index in [-0.39, 0.29) is 11.5 Å². The number of carbonyl (C=O) groups excluding carboxylic acids is 1. The fourth-order valence-corrected chi connectivity index (χ4v) is 2.89. The van der Waals surface area contributed by atoms with Crippen LogP contribution in [0.4, 0.5) is 5.69 Å². The van der Waals surface area contributed by atoms with Crippen molar-refractivity contribution in [3.63, 3.8) is 0 Å². The molecular formula is C18H22N4O2. The number of amides is 1. The van der Waals surface area contributed by atoms with E-state index in [1.54, 1.807) is 18.2 Å². The van der Waals surface area contributed by atoms with Gasteiger partial charge in [0.2, 0.25) is 0 Å². The second kappa shape index (κ2) is 6.86. The lowest BCUT2D eigenvalue weighted by molar-refractivity contribution is 0.0951. The standard InChI is InChI=1S/C18H22N4O2/c1-21(2)15-8-6-13(7-9-15)18(24)19-10-11-22-17(23)12-14-4-3-5-16(14)20-22/h6-9,12H,3-5,10-11H2,1-2H3,(H,19,24). The third kappa shape index (κ3) is 3.48. The molecule has 1 aromatic carbocycles. The molecular weight excluding hydrogens is 304 g/mol. The molecule has 0 bridgehead atoms. The van der Waals surface area contributed by atoms with E-state index in [0.29, 0.717) is 18.7 Å². The molecule has 1 aliphatic rings. The minimum absolute atomic E-state index is 0.0970. The summed E-state index contributed by atoms with van der Waals surface area (Å²) in [6.45, 7) is 0.758. The Morgan fingerprint density at radius 2 is 2.00 bits per heavy atom. The van der Waals surface area contributed by atoms with Gasteiger partial charge in [0.15, 0.2) is 0 Å². The number of aromatic nitrogens is 2. The van der Waals surface area contributed by atoms with Crippen molar-refractivity contribution in [3.8, 4) is 0 Å². The Balaban J connectivity index is 1.58. The summed E-state index contributed by atoms with van der Waals surface area (Å²) >= 11 is 0. The number of fused-ring (bicyclic) bond motifs is 1. The maximum absolute atomic E-state index is 12.2. The number of hydrogen-bond donors (Lipinski definition) is 1. The highest BCUT2D eigenvalue weighted by Gasteiger charge is 2.14. The summed E-state index contributed by atoms with van der Waals surface area (Å²) in [6, 6.07) is 9.08. The first-order valence-corrected chi connectivity index (χ1v) is 8.20. The van der Waals surface area contributed by atoms with Crippen LogP contribution in [0, 0.1) is 0 Å². The first-order chi connectivity index (χ1) is 11.5. The lowest BCUT2D eigenvalue weighted by atomic mass is 10.2. The van der Waals surface area contributed by atoms with Crippen LogP contribution in [-0.2, 0) is 19.4 Å². The van der Waals surface area contributed by atoms with Crippen LogP contribution < -0.4 is 15.8 Å². The fraction of sp³-hybridized carbons (Fsp3) is 0.389. The first-order valence-electron chi connectivity index (χ1n) is 8.20. The number of nitrogens with one attached hydrogen (secondary N) is 1. The molecule has 1 amide bonds. The Morgan fingerprint density at radius 1 is 1.25 bits per heavy atom. The summed E-state index contributed by atoms with van der Waals surface area (Å²) in [7, 11) is 3.91. The highest BCUT2D eigenvalue weighted by atomic mass is 16.1. The van der Waals surface area contributed by atoms with Crippen molar-refractivity contribution in [3.05, 3.63) is 57.5 Å². The molecule has 6 nitrogen and oxygen atoms in total. The van der Waals surface area contributed by atoms with Gasteiger partial charge in [-0.3, -0.25) is 9.59 Å². The molecule has 6 heteroatoms. The van der Waals surface area contributed by atoms with Gasteiger partial charge in [0.05, 0.1) is 12.2 Å². The van der Waals surface area contributed by atoms with Crippen LogP contribution in [0.3, 0.4) is 0 Å². The van der Waals surface area contributed by atoms with Crippen molar-refractivity contribution < 1.29 is 4.79 Å². The lowest BCUT2D eigenvalue weighted by Crippen LogP contribution is -2.32. The molecule has 24 heavy (non-hydrogen) atoms. The van der Waals surface area contributed by atoms with Gasteiger partial charge >= 0.3 is 0 Å². The highest BCUT2D eigenvalue weighted by molar-refractivity contribution is 5.94. The van der Waals surface area contributed by atoms with Crippen molar-refractivity contribution in [1.82, 2.24) is 15.1 Å². The SMILES string of the molecule is CN(C)c1ccc(C(=O)NCCn2nc3c(cc2=O)CCC3)cc1.